The van der Waals surface area contributed by atoms with E-state index in [0.29, 0.717) is 0 Å². The molecule has 0 aliphatic heterocycles. The third-order valence-corrected chi connectivity index (χ3v) is 2.67. The van der Waals surface area contributed by atoms with Crippen molar-refractivity contribution >= 4 is 28.3 Å². The molecule has 1 heterocycles. The summed E-state index contributed by atoms with van der Waals surface area (Å²) in [5.74, 6) is 1.75. The van der Waals surface area contributed by atoms with Gasteiger partial charge in [0, 0.05) is 0 Å². The summed E-state index contributed by atoms with van der Waals surface area (Å²) in [5, 5.41) is 0. The minimum atomic E-state index is 0. The second kappa shape index (κ2) is 4.49. The molecule has 13 heavy (non-hydrogen) atoms. The first-order chi connectivity index (χ1) is 5.75. The first-order valence-corrected chi connectivity index (χ1v) is 5.06. The Morgan fingerprint density at radius 1 is 1.54 bits per heavy atom. The number of halogens is 2. The van der Waals surface area contributed by atoms with E-state index in [1.807, 2.05) is 12.1 Å². The van der Waals surface area contributed by atoms with Crippen LogP contribution in [0.4, 0.5) is 0 Å². The van der Waals surface area contributed by atoms with Crippen molar-refractivity contribution in [2.45, 2.75) is 25.3 Å². The summed E-state index contributed by atoms with van der Waals surface area (Å²) in [6.07, 6.45) is 3.76. The highest BCUT2D eigenvalue weighted by atomic mass is 79.9. The van der Waals surface area contributed by atoms with E-state index in [-0.39, 0.29) is 18.4 Å². The highest BCUT2D eigenvalue weighted by molar-refractivity contribution is 9.10. The average molecular weight is 267 g/mol. The van der Waals surface area contributed by atoms with Gasteiger partial charge in [0.25, 0.3) is 0 Å². The summed E-state index contributed by atoms with van der Waals surface area (Å²) >= 11 is 3.26. The second-order valence-electron chi connectivity index (χ2n) is 3.43. The summed E-state index contributed by atoms with van der Waals surface area (Å²) in [6, 6.07) is 3.92. The lowest BCUT2D eigenvalue weighted by atomic mass is 10.1. The third kappa shape index (κ3) is 3.01. The molecule has 0 aromatic carbocycles. The molecule has 1 fully saturated rings. The fourth-order valence-electron chi connectivity index (χ4n) is 1.36. The molecule has 1 aliphatic carbocycles. The number of furan rings is 1. The number of hydrogen-bond acceptors (Lipinski definition) is 2. The molecular formula is C9H13BrClNO. The normalized spacial score (nSPS) is 18.0. The predicted molar refractivity (Wildman–Crippen MR) is 57.9 cm³/mol. The molecule has 0 spiro atoms. The average Bonchev–Trinajstić information content (AvgIpc) is 2.72. The highest BCUT2D eigenvalue weighted by Crippen LogP contribution is 2.37. The molecular weight excluding hydrogens is 253 g/mol. The monoisotopic (exact) mass is 265 g/mol. The Hall–Kier alpha value is 0.01000. The Morgan fingerprint density at radius 3 is 2.69 bits per heavy atom. The van der Waals surface area contributed by atoms with Crippen molar-refractivity contribution in [3.8, 4) is 0 Å². The third-order valence-electron chi connectivity index (χ3n) is 2.24. The number of nitrogens with two attached hydrogens (primary N) is 1. The van der Waals surface area contributed by atoms with Crippen LogP contribution in [-0.4, -0.2) is 0 Å². The lowest BCUT2D eigenvalue weighted by molar-refractivity contribution is 0.427. The summed E-state index contributed by atoms with van der Waals surface area (Å²) in [7, 11) is 0. The van der Waals surface area contributed by atoms with Crippen LogP contribution in [0.1, 0.15) is 31.1 Å². The zero-order chi connectivity index (χ0) is 8.55. The zero-order valence-electron chi connectivity index (χ0n) is 7.20. The molecule has 0 bridgehead atoms. The molecule has 1 saturated carbocycles. The van der Waals surface area contributed by atoms with Crippen LogP contribution in [0, 0.1) is 5.92 Å². The molecule has 1 aliphatic rings. The largest absolute Gasteiger partial charge is 0.453 e. The van der Waals surface area contributed by atoms with E-state index < -0.39 is 0 Å². The number of hydrogen-bond donors (Lipinski definition) is 1. The van der Waals surface area contributed by atoms with Crippen LogP contribution in [0.25, 0.3) is 0 Å². The lowest BCUT2D eigenvalue weighted by Gasteiger charge is -2.06. The second-order valence-corrected chi connectivity index (χ2v) is 4.21. The van der Waals surface area contributed by atoms with Crippen molar-refractivity contribution in [3.05, 3.63) is 22.6 Å². The Balaban J connectivity index is 0.000000845. The van der Waals surface area contributed by atoms with Gasteiger partial charge in [0.15, 0.2) is 4.67 Å². The lowest BCUT2D eigenvalue weighted by Crippen LogP contribution is -2.09. The molecule has 2 rings (SSSR count). The predicted octanol–water partition coefficient (Wildman–Crippen LogP) is 3.26. The van der Waals surface area contributed by atoms with Gasteiger partial charge in [0.2, 0.25) is 0 Å². The highest BCUT2D eigenvalue weighted by Gasteiger charge is 2.25. The molecule has 1 aromatic rings. The van der Waals surface area contributed by atoms with E-state index in [9.17, 15) is 0 Å². The zero-order valence-corrected chi connectivity index (χ0v) is 9.61. The summed E-state index contributed by atoms with van der Waals surface area (Å²) in [5.41, 5.74) is 5.93. The van der Waals surface area contributed by atoms with Crippen molar-refractivity contribution in [2.75, 3.05) is 0 Å². The van der Waals surface area contributed by atoms with Gasteiger partial charge < -0.3 is 10.2 Å². The van der Waals surface area contributed by atoms with Gasteiger partial charge in [0.1, 0.15) is 5.76 Å². The first-order valence-electron chi connectivity index (χ1n) is 4.26. The van der Waals surface area contributed by atoms with Gasteiger partial charge in [-0.2, -0.15) is 0 Å². The molecule has 2 N–H and O–H groups in total. The van der Waals surface area contributed by atoms with Gasteiger partial charge >= 0.3 is 0 Å². The van der Waals surface area contributed by atoms with Gasteiger partial charge in [-0.05, 0) is 40.4 Å². The van der Waals surface area contributed by atoms with Crippen LogP contribution in [0.15, 0.2) is 21.2 Å². The van der Waals surface area contributed by atoms with Gasteiger partial charge in [-0.3, -0.25) is 0 Å². The maximum atomic E-state index is 5.93. The van der Waals surface area contributed by atoms with Crippen molar-refractivity contribution in [1.29, 1.82) is 0 Å². The molecule has 0 saturated heterocycles. The standard InChI is InChI=1S/C9H12BrNO.ClH/c10-9-4-3-8(12-9)7(11)5-6-1-2-6;/h3-4,6-7H,1-2,5,11H2;1H/t7-;/m0./s1. The van der Waals surface area contributed by atoms with E-state index >= 15 is 0 Å². The summed E-state index contributed by atoms with van der Waals surface area (Å²) in [4.78, 5) is 0. The molecule has 1 atom stereocenters. The Bertz CT molecular complexity index is 272. The van der Waals surface area contributed by atoms with Crippen LogP contribution < -0.4 is 5.73 Å². The maximum Gasteiger partial charge on any atom is 0.169 e. The fraction of sp³-hybridized carbons (Fsp3) is 0.556. The minimum Gasteiger partial charge on any atom is -0.453 e. The molecule has 74 valence electrons. The van der Waals surface area contributed by atoms with Crippen LogP contribution in [0.3, 0.4) is 0 Å². The topological polar surface area (TPSA) is 39.2 Å². The van der Waals surface area contributed by atoms with E-state index in [2.05, 4.69) is 15.9 Å². The molecule has 0 radical (unpaired) electrons. The quantitative estimate of drug-likeness (QED) is 0.912. The smallest absolute Gasteiger partial charge is 0.169 e. The Kier molecular flexibility index (Phi) is 3.83. The SMILES string of the molecule is Cl.N[C@@H](CC1CC1)c1ccc(Br)o1. The number of rotatable bonds is 3. The summed E-state index contributed by atoms with van der Waals surface area (Å²) < 4.78 is 6.13. The molecule has 0 amide bonds. The minimum absolute atomic E-state index is 0. The van der Waals surface area contributed by atoms with Crippen molar-refractivity contribution in [2.24, 2.45) is 11.7 Å². The van der Waals surface area contributed by atoms with Gasteiger partial charge in [-0.25, -0.2) is 0 Å². The van der Waals surface area contributed by atoms with Crippen LogP contribution >= 0.6 is 28.3 Å². The van der Waals surface area contributed by atoms with Crippen molar-refractivity contribution in [3.63, 3.8) is 0 Å². The van der Waals surface area contributed by atoms with E-state index in [4.69, 9.17) is 10.2 Å². The van der Waals surface area contributed by atoms with Gasteiger partial charge in [-0.1, -0.05) is 12.8 Å². The van der Waals surface area contributed by atoms with E-state index in [1.165, 1.54) is 12.8 Å². The van der Waals surface area contributed by atoms with Crippen molar-refractivity contribution in [1.82, 2.24) is 0 Å². The van der Waals surface area contributed by atoms with Gasteiger partial charge in [-0.15, -0.1) is 12.4 Å². The van der Waals surface area contributed by atoms with Crippen LogP contribution in [0.2, 0.25) is 0 Å². The molecule has 0 unspecified atom stereocenters. The van der Waals surface area contributed by atoms with E-state index in [1.54, 1.807) is 0 Å². The molecule has 2 nitrogen and oxygen atoms in total. The molecule has 1 aromatic heterocycles. The first kappa shape index (κ1) is 11.1. The summed E-state index contributed by atoms with van der Waals surface area (Å²) in [6.45, 7) is 0. The fourth-order valence-corrected chi connectivity index (χ4v) is 1.68. The van der Waals surface area contributed by atoms with Crippen LogP contribution in [-0.2, 0) is 0 Å². The maximum absolute atomic E-state index is 5.93. The molecule has 4 heteroatoms. The van der Waals surface area contributed by atoms with Crippen molar-refractivity contribution < 1.29 is 4.42 Å². The Labute approximate surface area is 92.4 Å². The van der Waals surface area contributed by atoms with Gasteiger partial charge in [0.05, 0.1) is 6.04 Å². The Morgan fingerprint density at radius 2 is 2.23 bits per heavy atom. The van der Waals surface area contributed by atoms with Crippen LogP contribution in [0.5, 0.6) is 0 Å². The van der Waals surface area contributed by atoms with E-state index in [0.717, 1.165) is 22.8 Å².